The van der Waals surface area contributed by atoms with Crippen LogP contribution in [0.25, 0.3) is 11.1 Å². The molecule has 0 radical (unpaired) electrons. The maximum Gasteiger partial charge on any atom is 0.410 e. The third-order valence-corrected chi connectivity index (χ3v) is 6.81. The first-order chi connectivity index (χ1) is 19.7. The summed E-state index contributed by atoms with van der Waals surface area (Å²) in [6, 6.07) is 11.9. The smallest absolute Gasteiger partial charge is 0.410 e. The lowest BCUT2D eigenvalue weighted by molar-refractivity contribution is 0.0260. The second kappa shape index (κ2) is 12.4. The van der Waals surface area contributed by atoms with E-state index in [1.807, 2.05) is 78.0 Å². The summed E-state index contributed by atoms with van der Waals surface area (Å²) in [6.07, 6.45) is 4.32. The molecule has 4 rings (SSSR count). The summed E-state index contributed by atoms with van der Waals surface area (Å²) in [5, 5.41) is 2.83. The minimum atomic E-state index is -0.578. The Balaban J connectivity index is 1.33. The third-order valence-electron chi connectivity index (χ3n) is 6.81. The lowest BCUT2D eigenvalue weighted by atomic mass is 9.97. The molecular weight excluding hydrogens is 537 g/mol. The largest absolute Gasteiger partial charge is 0.444 e. The van der Waals surface area contributed by atoms with Crippen LogP contribution in [0.1, 0.15) is 75.9 Å². The van der Waals surface area contributed by atoms with Crippen LogP contribution in [0.4, 0.5) is 19.7 Å². The highest BCUT2D eigenvalue weighted by molar-refractivity contribution is 6.04. The van der Waals surface area contributed by atoms with Crippen molar-refractivity contribution in [2.45, 2.75) is 65.6 Å². The summed E-state index contributed by atoms with van der Waals surface area (Å²) in [6.45, 7) is 12.8. The van der Waals surface area contributed by atoms with Gasteiger partial charge in [-0.05, 0) is 95.4 Å². The number of nitrogens with zero attached hydrogens (tertiary/aromatic N) is 2. The molecule has 9 heteroatoms. The lowest BCUT2D eigenvalue weighted by Gasteiger charge is -2.29. The van der Waals surface area contributed by atoms with E-state index in [0.717, 1.165) is 16.7 Å². The monoisotopic (exact) mass is 577 g/mol. The van der Waals surface area contributed by atoms with Gasteiger partial charge in [-0.15, -0.1) is 0 Å². The van der Waals surface area contributed by atoms with Crippen molar-refractivity contribution in [3.63, 3.8) is 0 Å². The van der Waals surface area contributed by atoms with Gasteiger partial charge < -0.3 is 24.6 Å². The molecule has 0 unspecified atom stereocenters. The molecule has 0 aliphatic carbocycles. The maximum absolute atomic E-state index is 15.1. The van der Waals surface area contributed by atoms with Crippen molar-refractivity contribution in [3.05, 3.63) is 77.1 Å². The molecular formula is C33H40FN3O5. The number of hydrogen-bond donors (Lipinski definition) is 1. The molecule has 0 saturated heterocycles. The van der Waals surface area contributed by atoms with Crippen molar-refractivity contribution < 1.29 is 28.2 Å². The van der Waals surface area contributed by atoms with Crippen LogP contribution >= 0.6 is 0 Å². The van der Waals surface area contributed by atoms with E-state index in [4.69, 9.17) is 9.47 Å². The highest BCUT2D eigenvalue weighted by Crippen LogP contribution is 2.28. The standard InChI is InChI=1S/C33H40FN3O5/c1-32(2,3)41-30(39)36-17-13-23(14-18-36)22-7-10-26(11-8-22)35-29(38)25-9-12-27(28(34)21-25)24-15-19-37(20-16-24)31(40)42-33(4,5)6/h7-13,15,21H,14,16-20H2,1-6H3,(H,35,38). The van der Waals surface area contributed by atoms with Crippen LogP contribution in [0.15, 0.2) is 54.6 Å². The molecule has 0 saturated carbocycles. The average molecular weight is 578 g/mol. The fourth-order valence-corrected chi connectivity index (χ4v) is 4.72. The zero-order chi connectivity index (χ0) is 30.7. The molecule has 0 aromatic heterocycles. The molecule has 3 amide bonds. The van der Waals surface area contributed by atoms with Crippen LogP contribution in [0.3, 0.4) is 0 Å². The van der Waals surface area contributed by atoms with E-state index in [9.17, 15) is 14.4 Å². The fourth-order valence-electron chi connectivity index (χ4n) is 4.72. The zero-order valence-electron chi connectivity index (χ0n) is 25.3. The number of carbonyl (C=O) groups excluding carboxylic acids is 3. The number of amides is 3. The van der Waals surface area contributed by atoms with E-state index in [1.54, 1.807) is 21.9 Å². The van der Waals surface area contributed by atoms with E-state index in [1.165, 1.54) is 6.07 Å². The Morgan fingerprint density at radius 3 is 1.74 bits per heavy atom. The Morgan fingerprint density at radius 1 is 0.762 bits per heavy atom. The Labute approximate surface area is 247 Å². The van der Waals surface area contributed by atoms with Crippen molar-refractivity contribution in [3.8, 4) is 0 Å². The lowest BCUT2D eigenvalue weighted by Crippen LogP contribution is -2.39. The van der Waals surface area contributed by atoms with Gasteiger partial charge in [-0.1, -0.05) is 30.4 Å². The van der Waals surface area contributed by atoms with E-state index in [2.05, 4.69) is 5.32 Å². The third kappa shape index (κ3) is 8.21. The van der Waals surface area contributed by atoms with Crippen LogP contribution < -0.4 is 5.32 Å². The Bertz CT molecular complexity index is 1400. The van der Waals surface area contributed by atoms with Gasteiger partial charge in [0.25, 0.3) is 5.91 Å². The molecule has 2 heterocycles. The molecule has 2 aromatic carbocycles. The summed E-state index contributed by atoms with van der Waals surface area (Å²) in [7, 11) is 0. The molecule has 224 valence electrons. The second-order valence-corrected chi connectivity index (χ2v) is 12.5. The summed E-state index contributed by atoms with van der Waals surface area (Å²) >= 11 is 0. The van der Waals surface area contributed by atoms with E-state index < -0.39 is 29.0 Å². The van der Waals surface area contributed by atoms with Gasteiger partial charge in [0.1, 0.15) is 17.0 Å². The highest BCUT2D eigenvalue weighted by Gasteiger charge is 2.26. The Kier molecular flexibility index (Phi) is 9.09. The minimum absolute atomic E-state index is 0.212. The van der Waals surface area contributed by atoms with E-state index in [0.29, 0.717) is 50.3 Å². The van der Waals surface area contributed by atoms with Crippen molar-refractivity contribution >= 4 is 34.9 Å². The van der Waals surface area contributed by atoms with Gasteiger partial charge in [0, 0.05) is 43.0 Å². The van der Waals surface area contributed by atoms with Crippen LogP contribution in [-0.4, -0.2) is 65.3 Å². The molecule has 2 aromatic rings. The Hall–Kier alpha value is -4.14. The van der Waals surface area contributed by atoms with Crippen LogP contribution in [0, 0.1) is 5.82 Å². The molecule has 0 spiro atoms. The number of benzene rings is 2. The quantitative estimate of drug-likeness (QED) is 0.418. The fraction of sp³-hybridized carbons (Fsp3) is 0.424. The summed E-state index contributed by atoms with van der Waals surface area (Å²) in [5.41, 5.74) is 3.05. The first-order valence-corrected chi connectivity index (χ1v) is 14.2. The molecule has 8 nitrogen and oxygen atoms in total. The molecule has 0 fully saturated rings. The van der Waals surface area contributed by atoms with Crippen LogP contribution in [-0.2, 0) is 9.47 Å². The number of halogens is 1. The molecule has 2 aliphatic heterocycles. The number of hydrogen-bond acceptors (Lipinski definition) is 5. The molecule has 2 aliphatic rings. The highest BCUT2D eigenvalue weighted by atomic mass is 19.1. The minimum Gasteiger partial charge on any atom is -0.444 e. The first kappa shape index (κ1) is 30.8. The number of anilines is 1. The van der Waals surface area contributed by atoms with Crippen molar-refractivity contribution in [1.29, 1.82) is 0 Å². The van der Waals surface area contributed by atoms with Gasteiger partial charge in [0.2, 0.25) is 0 Å². The van der Waals surface area contributed by atoms with Crippen LogP contribution in [0.5, 0.6) is 0 Å². The van der Waals surface area contributed by atoms with Crippen LogP contribution in [0.2, 0.25) is 0 Å². The van der Waals surface area contributed by atoms with Crippen molar-refractivity contribution in [2.24, 2.45) is 0 Å². The van der Waals surface area contributed by atoms with Gasteiger partial charge in [0.05, 0.1) is 0 Å². The number of carbonyl (C=O) groups is 3. The van der Waals surface area contributed by atoms with E-state index >= 15 is 4.39 Å². The topological polar surface area (TPSA) is 88.2 Å². The number of ether oxygens (including phenoxy) is 2. The van der Waals surface area contributed by atoms with Gasteiger partial charge in [-0.3, -0.25) is 4.79 Å². The SMILES string of the molecule is CC(C)(C)OC(=O)N1CC=C(c2ccc(NC(=O)c3ccc(C4=CCN(C(=O)OC(C)(C)C)CC4)c(F)c3)cc2)CC1. The van der Waals surface area contributed by atoms with Gasteiger partial charge in [-0.2, -0.15) is 0 Å². The number of rotatable bonds is 4. The predicted molar refractivity (Wildman–Crippen MR) is 162 cm³/mol. The van der Waals surface area contributed by atoms with Crippen molar-refractivity contribution in [1.82, 2.24) is 9.80 Å². The average Bonchev–Trinajstić information content (AvgIpc) is 2.92. The molecule has 0 atom stereocenters. The number of nitrogens with one attached hydrogen (secondary N) is 1. The zero-order valence-corrected chi connectivity index (χ0v) is 25.3. The second-order valence-electron chi connectivity index (χ2n) is 12.5. The maximum atomic E-state index is 15.1. The Morgan fingerprint density at radius 2 is 1.29 bits per heavy atom. The van der Waals surface area contributed by atoms with Gasteiger partial charge >= 0.3 is 12.2 Å². The molecule has 1 N–H and O–H groups in total. The van der Waals surface area contributed by atoms with E-state index in [-0.39, 0.29) is 11.7 Å². The first-order valence-electron chi connectivity index (χ1n) is 14.2. The van der Waals surface area contributed by atoms with Gasteiger partial charge in [-0.25, -0.2) is 14.0 Å². The molecule has 0 bridgehead atoms. The van der Waals surface area contributed by atoms with Crippen molar-refractivity contribution in [2.75, 3.05) is 31.5 Å². The normalized spacial score (nSPS) is 15.9. The van der Waals surface area contributed by atoms with Gasteiger partial charge in [0.15, 0.2) is 0 Å². The molecule has 42 heavy (non-hydrogen) atoms. The summed E-state index contributed by atoms with van der Waals surface area (Å²) in [4.78, 5) is 40.7. The summed E-state index contributed by atoms with van der Waals surface area (Å²) < 4.78 is 25.9. The summed E-state index contributed by atoms with van der Waals surface area (Å²) in [5.74, 6) is -0.897. The predicted octanol–water partition coefficient (Wildman–Crippen LogP) is 7.13.